The van der Waals surface area contributed by atoms with Crippen molar-refractivity contribution in [3.63, 3.8) is 0 Å². The van der Waals surface area contributed by atoms with Crippen molar-refractivity contribution in [1.29, 1.82) is 0 Å². The van der Waals surface area contributed by atoms with Gasteiger partial charge < -0.3 is 15.0 Å². The summed E-state index contributed by atoms with van der Waals surface area (Å²) in [5.41, 5.74) is 1.55. The molecule has 0 unspecified atom stereocenters. The largest absolute Gasteiger partial charge is 0.487 e. The number of hydrogen-bond donors (Lipinski definition) is 2. The number of nitrogens with one attached hydrogen (secondary N) is 2. The van der Waals surface area contributed by atoms with E-state index in [4.69, 9.17) is 4.74 Å². The molecule has 0 spiro atoms. The van der Waals surface area contributed by atoms with Crippen LogP contribution in [0.2, 0.25) is 0 Å². The Bertz CT molecular complexity index is 861. The number of ketones is 1. The van der Waals surface area contributed by atoms with Gasteiger partial charge in [-0.25, -0.2) is 0 Å². The summed E-state index contributed by atoms with van der Waals surface area (Å²) in [5, 5.41) is 9.70. The van der Waals surface area contributed by atoms with Gasteiger partial charge in [-0.15, -0.1) is 0 Å². The minimum Gasteiger partial charge on any atom is -0.487 e. The Kier molecular flexibility index (Phi) is 5.54. The van der Waals surface area contributed by atoms with Gasteiger partial charge in [-0.05, 0) is 31.5 Å². The molecule has 2 aromatic rings. The Balaban J connectivity index is 1.57. The van der Waals surface area contributed by atoms with Gasteiger partial charge in [-0.1, -0.05) is 12.1 Å². The topological polar surface area (TPSA) is 104 Å². The van der Waals surface area contributed by atoms with Gasteiger partial charge in [-0.2, -0.15) is 5.10 Å². The minimum atomic E-state index is -0.177. The monoisotopic (exact) mass is 370 g/mol. The summed E-state index contributed by atoms with van der Waals surface area (Å²) in [7, 11) is 0. The van der Waals surface area contributed by atoms with E-state index in [1.54, 1.807) is 35.2 Å². The highest BCUT2D eigenvalue weighted by Gasteiger charge is 2.28. The first kappa shape index (κ1) is 18.6. The van der Waals surface area contributed by atoms with Crippen molar-refractivity contribution in [3.05, 3.63) is 47.3 Å². The predicted octanol–water partition coefficient (Wildman–Crippen LogP) is 1.54. The zero-order valence-corrected chi connectivity index (χ0v) is 15.3. The summed E-state index contributed by atoms with van der Waals surface area (Å²) < 4.78 is 5.67. The molecule has 2 heterocycles. The van der Waals surface area contributed by atoms with Crippen LogP contribution in [0.25, 0.3) is 0 Å². The van der Waals surface area contributed by atoms with E-state index in [0.717, 1.165) is 6.42 Å². The summed E-state index contributed by atoms with van der Waals surface area (Å²) in [4.78, 5) is 36.8. The summed E-state index contributed by atoms with van der Waals surface area (Å²) in [5.74, 6) is 0.271. The number of aromatic nitrogens is 2. The molecule has 2 amide bonds. The van der Waals surface area contributed by atoms with Gasteiger partial charge in [0.25, 0.3) is 5.91 Å². The Labute approximate surface area is 156 Å². The summed E-state index contributed by atoms with van der Waals surface area (Å²) in [6.07, 6.45) is 0.734. The van der Waals surface area contributed by atoms with Crippen LogP contribution in [-0.2, 0) is 11.4 Å². The van der Waals surface area contributed by atoms with E-state index in [0.29, 0.717) is 35.8 Å². The lowest BCUT2D eigenvalue weighted by molar-refractivity contribution is -0.119. The number of benzene rings is 1. The Hall–Kier alpha value is -3.16. The normalized spacial score (nSPS) is 16.2. The van der Waals surface area contributed by atoms with E-state index in [1.807, 2.05) is 0 Å². The maximum Gasteiger partial charge on any atom is 0.274 e. The molecular weight excluding hydrogens is 348 g/mol. The summed E-state index contributed by atoms with van der Waals surface area (Å²) in [6, 6.07) is 8.57. The SMILES string of the molecule is CC(=O)N[C@H]1CCN(C(=O)c2cc(COc3cccc(C(C)=O)c3)[nH]n2)C1. The second-order valence-corrected chi connectivity index (χ2v) is 6.59. The van der Waals surface area contributed by atoms with Crippen LogP contribution in [0.3, 0.4) is 0 Å². The average Bonchev–Trinajstić information content (AvgIpc) is 3.28. The molecule has 0 bridgehead atoms. The van der Waals surface area contributed by atoms with Crippen molar-refractivity contribution < 1.29 is 19.1 Å². The van der Waals surface area contributed by atoms with Crippen LogP contribution in [0.15, 0.2) is 30.3 Å². The number of ether oxygens (including phenoxy) is 1. The molecule has 8 heteroatoms. The van der Waals surface area contributed by atoms with Gasteiger partial charge in [0.2, 0.25) is 5.91 Å². The van der Waals surface area contributed by atoms with E-state index in [-0.39, 0.29) is 30.2 Å². The van der Waals surface area contributed by atoms with Crippen molar-refractivity contribution in [2.45, 2.75) is 32.9 Å². The van der Waals surface area contributed by atoms with E-state index < -0.39 is 0 Å². The van der Waals surface area contributed by atoms with Gasteiger partial charge in [0.15, 0.2) is 11.5 Å². The molecule has 142 valence electrons. The molecule has 1 aliphatic heterocycles. The van der Waals surface area contributed by atoms with Gasteiger partial charge in [0.1, 0.15) is 12.4 Å². The first-order valence-electron chi connectivity index (χ1n) is 8.77. The Morgan fingerprint density at radius 2 is 2.11 bits per heavy atom. The van der Waals surface area contributed by atoms with Gasteiger partial charge in [0, 0.05) is 31.6 Å². The Morgan fingerprint density at radius 1 is 1.30 bits per heavy atom. The molecule has 1 aromatic heterocycles. The maximum absolute atomic E-state index is 12.5. The van der Waals surface area contributed by atoms with E-state index in [9.17, 15) is 14.4 Å². The van der Waals surface area contributed by atoms with Gasteiger partial charge in [0.05, 0.1) is 5.69 Å². The third-order valence-corrected chi connectivity index (χ3v) is 4.37. The van der Waals surface area contributed by atoms with Crippen molar-refractivity contribution >= 4 is 17.6 Å². The lowest BCUT2D eigenvalue weighted by Gasteiger charge is -2.15. The summed E-state index contributed by atoms with van der Waals surface area (Å²) >= 11 is 0. The molecule has 0 radical (unpaired) electrons. The van der Waals surface area contributed by atoms with E-state index in [1.165, 1.54) is 13.8 Å². The fourth-order valence-electron chi connectivity index (χ4n) is 3.02. The van der Waals surface area contributed by atoms with Crippen LogP contribution in [-0.4, -0.2) is 51.8 Å². The second-order valence-electron chi connectivity index (χ2n) is 6.59. The zero-order valence-electron chi connectivity index (χ0n) is 15.3. The highest BCUT2D eigenvalue weighted by Crippen LogP contribution is 2.17. The molecule has 0 saturated carbocycles. The number of amides is 2. The number of likely N-dealkylation sites (tertiary alicyclic amines) is 1. The molecule has 0 aliphatic carbocycles. The van der Waals surface area contributed by atoms with E-state index in [2.05, 4.69) is 15.5 Å². The molecule has 1 aliphatic rings. The molecule has 2 N–H and O–H groups in total. The summed E-state index contributed by atoms with van der Waals surface area (Å²) in [6.45, 7) is 4.24. The second kappa shape index (κ2) is 8.03. The van der Waals surface area contributed by atoms with Crippen LogP contribution in [0.1, 0.15) is 46.8 Å². The number of hydrogen-bond acceptors (Lipinski definition) is 5. The molecule has 3 rings (SSSR count). The van der Waals surface area contributed by atoms with Gasteiger partial charge >= 0.3 is 0 Å². The third-order valence-electron chi connectivity index (χ3n) is 4.37. The van der Waals surface area contributed by atoms with Crippen LogP contribution in [0.4, 0.5) is 0 Å². The van der Waals surface area contributed by atoms with Crippen molar-refractivity contribution in [1.82, 2.24) is 20.4 Å². The number of carbonyl (C=O) groups excluding carboxylic acids is 3. The molecule has 1 fully saturated rings. The first-order valence-corrected chi connectivity index (χ1v) is 8.77. The predicted molar refractivity (Wildman–Crippen MR) is 97.5 cm³/mol. The zero-order chi connectivity index (χ0) is 19.4. The van der Waals surface area contributed by atoms with E-state index >= 15 is 0 Å². The van der Waals surface area contributed by atoms with Crippen molar-refractivity contribution in [2.24, 2.45) is 0 Å². The highest BCUT2D eigenvalue weighted by atomic mass is 16.5. The fraction of sp³-hybridized carbons (Fsp3) is 0.368. The molecule has 1 aromatic carbocycles. The standard InChI is InChI=1S/C19H22N4O4/c1-12(24)14-4-3-5-17(8-14)27-11-16-9-18(22-21-16)19(26)23-7-6-15(10-23)20-13(2)25/h3-5,8-9,15H,6-7,10-11H2,1-2H3,(H,20,25)(H,21,22)/t15-/m0/s1. The fourth-order valence-corrected chi connectivity index (χ4v) is 3.02. The first-order chi connectivity index (χ1) is 12.9. The molecular formula is C19H22N4O4. The highest BCUT2D eigenvalue weighted by molar-refractivity contribution is 5.94. The number of aromatic amines is 1. The number of rotatable bonds is 6. The quantitative estimate of drug-likeness (QED) is 0.751. The lowest BCUT2D eigenvalue weighted by Crippen LogP contribution is -2.37. The molecule has 8 nitrogen and oxygen atoms in total. The number of carbonyl (C=O) groups is 3. The molecule has 1 saturated heterocycles. The van der Waals surface area contributed by atoms with Crippen molar-refractivity contribution in [2.75, 3.05) is 13.1 Å². The minimum absolute atomic E-state index is 0.0123. The van der Waals surface area contributed by atoms with Crippen LogP contribution in [0.5, 0.6) is 5.75 Å². The molecule has 27 heavy (non-hydrogen) atoms. The van der Waals surface area contributed by atoms with Gasteiger partial charge in [-0.3, -0.25) is 19.5 Å². The van der Waals surface area contributed by atoms with Crippen molar-refractivity contribution in [3.8, 4) is 5.75 Å². The number of Topliss-reactive ketones (excluding diaryl/α,β-unsaturated/α-hetero) is 1. The average molecular weight is 370 g/mol. The molecule has 1 atom stereocenters. The third kappa shape index (κ3) is 4.72. The maximum atomic E-state index is 12.5. The number of nitrogens with zero attached hydrogens (tertiary/aromatic N) is 2. The van der Waals surface area contributed by atoms with Crippen LogP contribution >= 0.6 is 0 Å². The van der Waals surface area contributed by atoms with Crippen LogP contribution in [0, 0.1) is 0 Å². The number of H-pyrrole nitrogens is 1. The van der Waals surface area contributed by atoms with Crippen LogP contribution < -0.4 is 10.1 Å². The Morgan fingerprint density at radius 3 is 2.85 bits per heavy atom. The lowest BCUT2D eigenvalue weighted by atomic mass is 10.1. The smallest absolute Gasteiger partial charge is 0.274 e.